The molecule has 0 saturated heterocycles. The molecule has 0 bridgehead atoms. The summed E-state index contributed by atoms with van der Waals surface area (Å²) in [6.45, 7) is 0.493. The molecule has 5 heteroatoms. The monoisotopic (exact) mass is 373 g/mol. The molecule has 1 aliphatic rings. The van der Waals surface area contributed by atoms with E-state index in [1.165, 1.54) is 0 Å². The highest BCUT2D eigenvalue weighted by atomic mass is 79.9. The van der Waals surface area contributed by atoms with Crippen molar-refractivity contribution < 1.29 is 14.6 Å². The van der Waals surface area contributed by atoms with Crippen LogP contribution in [0, 0.1) is 0 Å². The van der Waals surface area contributed by atoms with Crippen LogP contribution in [-0.4, -0.2) is 29.9 Å². The number of ether oxygens (including phenoxy) is 1. The quantitative estimate of drug-likeness (QED) is 0.830. The smallest absolute Gasteiger partial charge is 0.231 e. The van der Waals surface area contributed by atoms with Gasteiger partial charge in [0, 0.05) is 11.0 Å². The molecule has 0 saturated carbocycles. The Morgan fingerprint density at radius 1 is 1.26 bits per heavy atom. The van der Waals surface area contributed by atoms with Gasteiger partial charge in [0.1, 0.15) is 11.5 Å². The fraction of sp³-hybridized carbons (Fsp3) is 0.167. The van der Waals surface area contributed by atoms with Crippen LogP contribution in [0.4, 0.5) is 0 Å². The van der Waals surface area contributed by atoms with Crippen molar-refractivity contribution in [1.82, 2.24) is 4.90 Å². The Morgan fingerprint density at radius 2 is 2.04 bits per heavy atom. The summed E-state index contributed by atoms with van der Waals surface area (Å²) >= 11 is 3.41. The van der Waals surface area contributed by atoms with Crippen LogP contribution < -0.4 is 4.74 Å². The molecule has 0 fully saturated rings. The number of hydrogen-bond donors (Lipinski definition) is 1. The van der Waals surface area contributed by atoms with Gasteiger partial charge in [-0.2, -0.15) is 0 Å². The molecule has 0 unspecified atom stereocenters. The Balaban J connectivity index is 2.02. The van der Waals surface area contributed by atoms with Crippen LogP contribution in [0.25, 0.3) is 6.08 Å². The first kappa shape index (κ1) is 15.8. The van der Waals surface area contributed by atoms with Crippen molar-refractivity contribution in [3.05, 3.63) is 63.3 Å². The van der Waals surface area contributed by atoms with Crippen LogP contribution >= 0.6 is 15.9 Å². The number of hydrogen-bond acceptors (Lipinski definition) is 4. The van der Waals surface area contributed by atoms with Crippen LogP contribution in [0.15, 0.2) is 46.6 Å². The van der Waals surface area contributed by atoms with Gasteiger partial charge >= 0.3 is 0 Å². The van der Waals surface area contributed by atoms with E-state index in [-0.39, 0.29) is 17.3 Å². The van der Waals surface area contributed by atoms with Gasteiger partial charge < -0.3 is 14.7 Å². The van der Waals surface area contributed by atoms with Gasteiger partial charge in [-0.15, -0.1) is 0 Å². The summed E-state index contributed by atoms with van der Waals surface area (Å²) in [7, 11) is 3.79. The van der Waals surface area contributed by atoms with E-state index in [0.29, 0.717) is 23.4 Å². The number of phenolic OH excluding ortho intramolecular Hbond substituents is 1. The molecule has 3 rings (SSSR count). The number of halogens is 1. The molecule has 118 valence electrons. The molecule has 4 nitrogen and oxygen atoms in total. The third kappa shape index (κ3) is 3.16. The van der Waals surface area contributed by atoms with E-state index in [2.05, 4.69) is 15.9 Å². The lowest BCUT2D eigenvalue weighted by atomic mass is 10.0. The fourth-order valence-electron chi connectivity index (χ4n) is 2.51. The Hall–Kier alpha value is -2.11. The molecule has 2 aromatic carbocycles. The summed E-state index contributed by atoms with van der Waals surface area (Å²) in [5, 5.41) is 10.1. The summed E-state index contributed by atoms with van der Waals surface area (Å²) in [5.74, 6) is 0.683. The number of fused-ring (bicyclic) bond motifs is 1. The Bertz CT molecular complexity index is 812. The Morgan fingerprint density at radius 3 is 2.74 bits per heavy atom. The number of Topliss-reactive ketones (excluding diaryl/α,β-unsaturated/α-hetero) is 1. The van der Waals surface area contributed by atoms with Crippen molar-refractivity contribution in [1.29, 1.82) is 0 Å². The molecular formula is C18H16BrNO3. The topological polar surface area (TPSA) is 49.8 Å². The van der Waals surface area contributed by atoms with E-state index < -0.39 is 0 Å². The van der Waals surface area contributed by atoms with Crippen molar-refractivity contribution >= 4 is 27.8 Å². The van der Waals surface area contributed by atoms with E-state index in [4.69, 9.17) is 4.74 Å². The molecule has 1 heterocycles. The predicted molar refractivity (Wildman–Crippen MR) is 92.6 cm³/mol. The van der Waals surface area contributed by atoms with Crippen molar-refractivity contribution in [2.45, 2.75) is 6.54 Å². The van der Waals surface area contributed by atoms with Gasteiger partial charge in [-0.1, -0.05) is 28.1 Å². The van der Waals surface area contributed by atoms with Crippen molar-refractivity contribution in [3.8, 4) is 11.5 Å². The summed E-state index contributed by atoms with van der Waals surface area (Å²) in [6.07, 6.45) is 1.71. The molecule has 1 N–H and O–H groups in total. The first-order valence-corrected chi connectivity index (χ1v) is 7.94. The second kappa shape index (κ2) is 6.18. The maximum absolute atomic E-state index is 12.5. The van der Waals surface area contributed by atoms with Crippen LogP contribution in [0.2, 0.25) is 0 Å². The first-order valence-electron chi connectivity index (χ1n) is 7.15. The lowest BCUT2D eigenvalue weighted by Gasteiger charge is -2.13. The van der Waals surface area contributed by atoms with Gasteiger partial charge in [0.05, 0.1) is 11.1 Å². The number of carbonyl (C=O) groups excluding carboxylic acids is 1. The Labute approximate surface area is 143 Å². The minimum atomic E-state index is -0.167. The second-order valence-electron chi connectivity index (χ2n) is 5.67. The maximum Gasteiger partial charge on any atom is 0.231 e. The van der Waals surface area contributed by atoms with Gasteiger partial charge in [0.25, 0.3) is 0 Å². The molecule has 23 heavy (non-hydrogen) atoms. The van der Waals surface area contributed by atoms with Gasteiger partial charge in [-0.3, -0.25) is 4.79 Å². The van der Waals surface area contributed by atoms with Gasteiger partial charge in [-0.25, -0.2) is 0 Å². The number of benzene rings is 2. The van der Waals surface area contributed by atoms with E-state index in [1.54, 1.807) is 18.2 Å². The molecule has 2 aromatic rings. The normalized spacial score (nSPS) is 15.1. The number of allylic oxidation sites excluding steroid dienone is 1. The second-order valence-corrected chi connectivity index (χ2v) is 6.59. The SMILES string of the molecule is CN(C)Cc1c(O)ccc2c1O/C(=C\c1cccc(Br)c1)C2=O. The third-order valence-electron chi connectivity index (χ3n) is 3.54. The number of carbonyl (C=O) groups is 1. The standard InChI is InChI=1S/C18H16BrNO3/c1-20(2)10-14-15(21)7-6-13-17(22)16(23-18(13)14)9-11-4-3-5-12(19)8-11/h3-9,21H,10H2,1-2H3/b16-9-. The van der Waals surface area contributed by atoms with Crippen LogP contribution in [0.3, 0.4) is 0 Å². The van der Waals surface area contributed by atoms with E-state index in [9.17, 15) is 9.90 Å². The summed E-state index contributed by atoms with van der Waals surface area (Å²) in [5.41, 5.74) is 1.98. The molecule has 0 aromatic heterocycles. The zero-order valence-electron chi connectivity index (χ0n) is 12.8. The molecule has 1 aliphatic heterocycles. The molecular weight excluding hydrogens is 358 g/mol. The highest BCUT2D eigenvalue weighted by Gasteiger charge is 2.31. The number of rotatable bonds is 3. The van der Waals surface area contributed by atoms with Gasteiger partial charge in [0.2, 0.25) is 5.78 Å². The predicted octanol–water partition coefficient (Wildman–Crippen LogP) is 3.83. The number of nitrogens with zero attached hydrogens (tertiary/aromatic N) is 1. The van der Waals surface area contributed by atoms with Crippen LogP contribution in [0.5, 0.6) is 11.5 Å². The van der Waals surface area contributed by atoms with E-state index in [1.807, 2.05) is 43.3 Å². The summed E-state index contributed by atoms with van der Waals surface area (Å²) < 4.78 is 6.72. The van der Waals surface area contributed by atoms with Crippen molar-refractivity contribution in [3.63, 3.8) is 0 Å². The third-order valence-corrected chi connectivity index (χ3v) is 4.03. The minimum absolute atomic E-state index is 0.133. The Kier molecular flexibility index (Phi) is 4.24. The molecule has 0 spiro atoms. The lowest BCUT2D eigenvalue weighted by molar-refractivity contribution is 0.101. The average Bonchev–Trinajstić information content (AvgIpc) is 2.79. The van der Waals surface area contributed by atoms with Gasteiger partial charge in [0.15, 0.2) is 5.76 Å². The largest absolute Gasteiger partial charge is 0.507 e. The lowest BCUT2D eigenvalue weighted by Crippen LogP contribution is -2.11. The molecule has 0 amide bonds. The summed E-state index contributed by atoms with van der Waals surface area (Å²) in [4.78, 5) is 14.5. The molecule has 0 atom stereocenters. The van der Waals surface area contributed by atoms with Gasteiger partial charge in [-0.05, 0) is 50.0 Å². The summed E-state index contributed by atoms with van der Waals surface area (Å²) in [6, 6.07) is 10.8. The molecule has 0 radical (unpaired) electrons. The highest BCUT2D eigenvalue weighted by Crippen LogP contribution is 2.39. The molecule has 0 aliphatic carbocycles. The fourth-order valence-corrected chi connectivity index (χ4v) is 2.93. The van der Waals surface area contributed by atoms with Crippen LogP contribution in [0.1, 0.15) is 21.5 Å². The van der Waals surface area contributed by atoms with E-state index >= 15 is 0 Å². The van der Waals surface area contributed by atoms with Crippen LogP contribution in [-0.2, 0) is 6.54 Å². The zero-order chi connectivity index (χ0) is 16.6. The number of ketones is 1. The average molecular weight is 374 g/mol. The highest BCUT2D eigenvalue weighted by molar-refractivity contribution is 9.10. The first-order chi connectivity index (χ1) is 11.0. The minimum Gasteiger partial charge on any atom is -0.507 e. The van der Waals surface area contributed by atoms with Crippen molar-refractivity contribution in [2.24, 2.45) is 0 Å². The maximum atomic E-state index is 12.5. The number of aromatic hydroxyl groups is 1. The van der Waals surface area contributed by atoms with Crippen molar-refractivity contribution in [2.75, 3.05) is 14.1 Å². The number of phenols is 1. The van der Waals surface area contributed by atoms with E-state index in [0.717, 1.165) is 10.0 Å². The zero-order valence-corrected chi connectivity index (χ0v) is 14.4.